The maximum atomic E-state index is 13.3. The second-order valence-electron chi connectivity index (χ2n) is 4.03. The van der Waals surface area contributed by atoms with Gasteiger partial charge in [-0.3, -0.25) is 4.72 Å². The minimum absolute atomic E-state index is 0.0192. The van der Waals surface area contributed by atoms with Crippen molar-refractivity contribution in [3.05, 3.63) is 51.5 Å². The van der Waals surface area contributed by atoms with Gasteiger partial charge in [-0.1, -0.05) is 11.6 Å². The lowest BCUT2D eigenvalue weighted by atomic mass is 10.3. The van der Waals surface area contributed by atoms with Crippen LogP contribution in [0.1, 0.15) is 0 Å². The highest BCUT2D eigenvalue weighted by Gasteiger charge is 2.21. The fourth-order valence-corrected chi connectivity index (χ4v) is 3.87. The van der Waals surface area contributed by atoms with Crippen LogP contribution in [0.3, 0.4) is 0 Å². The average Bonchev–Trinajstić information content (AvgIpc) is 2.37. The zero-order valence-electron chi connectivity index (χ0n) is 10.2. The van der Waals surface area contributed by atoms with Gasteiger partial charge in [-0.15, -0.1) is 0 Å². The van der Waals surface area contributed by atoms with E-state index in [1.165, 1.54) is 6.07 Å². The van der Waals surface area contributed by atoms with Gasteiger partial charge in [-0.25, -0.2) is 17.2 Å². The lowest BCUT2D eigenvalue weighted by Gasteiger charge is -2.12. The quantitative estimate of drug-likeness (QED) is 0.775. The van der Waals surface area contributed by atoms with Gasteiger partial charge in [0.2, 0.25) is 0 Å². The molecular weight excluding hydrogens is 390 g/mol. The van der Waals surface area contributed by atoms with Crippen LogP contribution in [0.4, 0.5) is 20.2 Å². The van der Waals surface area contributed by atoms with E-state index in [9.17, 15) is 17.2 Å². The lowest BCUT2D eigenvalue weighted by molar-refractivity contribution is 0.599. The topological polar surface area (TPSA) is 72.2 Å². The van der Waals surface area contributed by atoms with Crippen molar-refractivity contribution in [3.63, 3.8) is 0 Å². The van der Waals surface area contributed by atoms with Crippen LogP contribution in [-0.4, -0.2) is 8.42 Å². The number of nitrogens with two attached hydrogens (primary N) is 1. The highest BCUT2D eigenvalue weighted by atomic mass is 79.9. The van der Waals surface area contributed by atoms with Crippen molar-refractivity contribution in [2.24, 2.45) is 0 Å². The molecule has 0 aliphatic heterocycles. The second-order valence-corrected chi connectivity index (χ2v) is 6.95. The third-order valence-corrected chi connectivity index (χ3v) is 5.17. The zero-order chi connectivity index (χ0) is 15.8. The van der Waals surface area contributed by atoms with E-state index in [1.54, 1.807) is 0 Å². The molecule has 0 radical (unpaired) electrons. The fraction of sp³-hybridized carbons (Fsp3) is 0. The molecule has 0 fully saturated rings. The van der Waals surface area contributed by atoms with Crippen molar-refractivity contribution < 1.29 is 17.2 Å². The number of hydrogen-bond donors (Lipinski definition) is 2. The van der Waals surface area contributed by atoms with Gasteiger partial charge < -0.3 is 5.73 Å². The van der Waals surface area contributed by atoms with Gasteiger partial charge in [-0.2, -0.15) is 0 Å². The molecule has 0 amide bonds. The Kier molecular flexibility index (Phi) is 4.40. The molecule has 0 aliphatic carbocycles. The Morgan fingerprint density at radius 3 is 2.52 bits per heavy atom. The Morgan fingerprint density at radius 1 is 1.19 bits per heavy atom. The molecule has 0 heterocycles. The van der Waals surface area contributed by atoms with E-state index >= 15 is 0 Å². The van der Waals surface area contributed by atoms with Gasteiger partial charge >= 0.3 is 0 Å². The van der Waals surface area contributed by atoms with Gasteiger partial charge in [-0.05, 0) is 46.3 Å². The number of halogens is 4. The molecule has 0 bridgehead atoms. The molecule has 2 aromatic carbocycles. The van der Waals surface area contributed by atoms with Gasteiger partial charge in [0.05, 0.1) is 16.4 Å². The Balaban J connectivity index is 2.48. The van der Waals surface area contributed by atoms with Gasteiger partial charge in [0.15, 0.2) is 0 Å². The van der Waals surface area contributed by atoms with Crippen LogP contribution < -0.4 is 10.5 Å². The van der Waals surface area contributed by atoms with Gasteiger partial charge in [0, 0.05) is 4.47 Å². The van der Waals surface area contributed by atoms with Crippen LogP contribution in [0, 0.1) is 11.6 Å². The molecule has 0 saturated heterocycles. The molecule has 4 nitrogen and oxygen atoms in total. The normalized spacial score (nSPS) is 11.4. The van der Waals surface area contributed by atoms with Gasteiger partial charge in [0.25, 0.3) is 10.0 Å². The highest BCUT2D eigenvalue weighted by molar-refractivity contribution is 9.10. The van der Waals surface area contributed by atoms with Gasteiger partial charge in [0.1, 0.15) is 16.5 Å². The summed E-state index contributed by atoms with van der Waals surface area (Å²) in [7, 11) is -4.12. The number of benzene rings is 2. The van der Waals surface area contributed by atoms with Crippen LogP contribution in [0.25, 0.3) is 0 Å². The molecule has 0 atom stereocenters. The monoisotopic (exact) mass is 396 g/mol. The maximum absolute atomic E-state index is 13.3. The summed E-state index contributed by atoms with van der Waals surface area (Å²) in [5.74, 6) is -1.42. The third-order valence-electron chi connectivity index (χ3n) is 2.51. The van der Waals surface area contributed by atoms with E-state index in [0.29, 0.717) is 0 Å². The van der Waals surface area contributed by atoms with E-state index < -0.39 is 21.7 Å². The smallest absolute Gasteiger partial charge is 0.263 e. The molecule has 2 aromatic rings. The minimum Gasteiger partial charge on any atom is -0.396 e. The first-order chi connectivity index (χ1) is 9.70. The number of nitrogens with one attached hydrogen (secondary N) is 1. The molecule has 3 N–H and O–H groups in total. The third kappa shape index (κ3) is 3.45. The Bertz CT molecular complexity index is 815. The van der Waals surface area contributed by atoms with E-state index in [4.69, 9.17) is 17.3 Å². The molecule has 21 heavy (non-hydrogen) atoms. The zero-order valence-corrected chi connectivity index (χ0v) is 13.4. The number of hydrogen-bond acceptors (Lipinski definition) is 3. The molecule has 0 saturated carbocycles. The first-order valence-electron chi connectivity index (χ1n) is 5.43. The number of nitrogen functional groups attached to an aromatic ring is 1. The Morgan fingerprint density at radius 2 is 1.86 bits per heavy atom. The van der Waals surface area contributed by atoms with E-state index in [2.05, 4.69) is 20.7 Å². The molecule has 112 valence electrons. The standard InChI is InChI=1S/C12H8BrClF2N2O2S/c13-7-4-9(16)10(17)5-12(7)21(19,20)18-11-3-6(15)1-2-8(11)14/h1-5,18H,17H2. The van der Waals surface area contributed by atoms with Crippen LogP contribution in [0.2, 0.25) is 5.02 Å². The molecule has 0 aromatic heterocycles. The summed E-state index contributed by atoms with van der Waals surface area (Å²) in [5.41, 5.74) is 4.90. The van der Waals surface area contributed by atoms with Crippen molar-refractivity contribution >= 4 is 48.9 Å². The molecular formula is C12H8BrClF2N2O2S. The summed E-state index contributed by atoms with van der Waals surface area (Å²) in [4.78, 5) is -0.290. The Hall–Kier alpha value is -1.38. The maximum Gasteiger partial charge on any atom is 0.263 e. The number of anilines is 2. The first-order valence-corrected chi connectivity index (χ1v) is 8.08. The summed E-state index contributed by atoms with van der Waals surface area (Å²) in [6.45, 7) is 0. The van der Waals surface area contributed by atoms with E-state index in [0.717, 1.165) is 24.3 Å². The number of rotatable bonds is 3. The van der Waals surface area contributed by atoms with Crippen molar-refractivity contribution in [1.82, 2.24) is 0 Å². The lowest BCUT2D eigenvalue weighted by Crippen LogP contribution is -2.14. The fourth-order valence-electron chi connectivity index (χ4n) is 1.53. The minimum atomic E-state index is -4.12. The summed E-state index contributed by atoms with van der Waals surface area (Å²) in [6, 6.07) is 5.11. The predicted octanol–water partition coefficient (Wildman–Crippen LogP) is 3.76. The molecule has 2 rings (SSSR count). The van der Waals surface area contributed by atoms with Crippen LogP contribution in [0.15, 0.2) is 39.7 Å². The van der Waals surface area contributed by atoms with Crippen LogP contribution >= 0.6 is 27.5 Å². The summed E-state index contributed by atoms with van der Waals surface area (Å²) in [6.07, 6.45) is 0. The first kappa shape index (κ1) is 16.0. The summed E-state index contributed by atoms with van der Waals surface area (Å²) < 4.78 is 53.0. The Labute approximate surface area is 133 Å². The molecule has 0 spiro atoms. The van der Waals surface area contributed by atoms with Crippen molar-refractivity contribution in [3.8, 4) is 0 Å². The van der Waals surface area contributed by atoms with Crippen LogP contribution in [-0.2, 0) is 10.0 Å². The van der Waals surface area contributed by atoms with Crippen molar-refractivity contribution in [2.75, 3.05) is 10.5 Å². The van der Waals surface area contributed by atoms with E-state index in [1.807, 2.05) is 0 Å². The molecule has 0 unspecified atom stereocenters. The molecule has 0 aliphatic rings. The van der Waals surface area contributed by atoms with Crippen molar-refractivity contribution in [1.29, 1.82) is 0 Å². The number of sulfonamides is 1. The van der Waals surface area contributed by atoms with E-state index in [-0.39, 0.29) is 25.8 Å². The second kappa shape index (κ2) is 5.78. The summed E-state index contributed by atoms with van der Waals surface area (Å²) >= 11 is 8.74. The average molecular weight is 398 g/mol. The van der Waals surface area contributed by atoms with Crippen molar-refractivity contribution in [2.45, 2.75) is 4.90 Å². The van der Waals surface area contributed by atoms with Crippen LogP contribution in [0.5, 0.6) is 0 Å². The predicted molar refractivity (Wildman–Crippen MR) is 80.7 cm³/mol. The SMILES string of the molecule is Nc1cc(S(=O)(=O)Nc2cc(F)ccc2Cl)c(Br)cc1F. The summed E-state index contributed by atoms with van der Waals surface area (Å²) in [5, 5.41) is 0.0196. The highest BCUT2D eigenvalue weighted by Crippen LogP contribution is 2.30. The largest absolute Gasteiger partial charge is 0.396 e. The molecule has 9 heteroatoms.